The second-order valence-corrected chi connectivity index (χ2v) is 7.42. The molecule has 5 rings (SSSR count). The van der Waals surface area contributed by atoms with Gasteiger partial charge in [-0.05, 0) is 30.3 Å². The highest BCUT2D eigenvalue weighted by molar-refractivity contribution is 6.07. The van der Waals surface area contributed by atoms with E-state index < -0.39 is 12.0 Å². The number of para-hydroxylation sites is 3. The van der Waals surface area contributed by atoms with Gasteiger partial charge in [-0.3, -0.25) is 14.5 Å². The van der Waals surface area contributed by atoms with Crippen molar-refractivity contribution in [2.24, 2.45) is 5.73 Å². The molecule has 0 bridgehead atoms. The molecule has 0 spiro atoms. The van der Waals surface area contributed by atoms with Gasteiger partial charge in [0, 0.05) is 5.56 Å². The Hall–Kier alpha value is -4.39. The van der Waals surface area contributed by atoms with Crippen LogP contribution in [-0.2, 0) is 4.79 Å². The van der Waals surface area contributed by atoms with Gasteiger partial charge >= 0.3 is 0 Å². The molecule has 2 heterocycles. The van der Waals surface area contributed by atoms with Crippen LogP contribution < -0.4 is 15.4 Å². The van der Waals surface area contributed by atoms with Gasteiger partial charge in [0.25, 0.3) is 11.8 Å². The minimum atomic E-state index is -0.935. The van der Waals surface area contributed by atoms with E-state index >= 15 is 0 Å². The van der Waals surface area contributed by atoms with Crippen LogP contribution in [0.5, 0.6) is 5.75 Å². The summed E-state index contributed by atoms with van der Waals surface area (Å²) in [5.41, 5.74) is 8.78. The second-order valence-electron chi connectivity index (χ2n) is 7.42. The molecule has 0 fully saturated rings. The highest BCUT2D eigenvalue weighted by atomic mass is 16.5. The number of rotatable bonds is 4. The smallest absolute Gasteiger partial charge is 0.277 e. The number of hydrogen-bond acceptors (Lipinski definition) is 4. The maximum absolute atomic E-state index is 13.8. The molecular formula is C25H20N4O3. The Morgan fingerprint density at radius 3 is 2.28 bits per heavy atom. The van der Waals surface area contributed by atoms with Gasteiger partial charge in [-0.1, -0.05) is 60.7 Å². The topological polar surface area (TPSA) is 90.5 Å². The fourth-order valence-electron chi connectivity index (χ4n) is 3.76. The number of primary amides is 1. The van der Waals surface area contributed by atoms with Crippen molar-refractivity contribution in [2.45, 2.75) is 6.10 Å². The maximum atomic E-state index is 13.8. The van der Waals surface area contributed by atoms with Gasteiger partial charge in [-0.2, -0.15) is 5.10 Å². The SMILES string of the molecule is NC(=O)C1CN(C(=O)c2cc(-c3ccccc3)nn2-c2ccccc2)c2ccccc2O1. The van der Waals surface area contributed by atoms with Crippen molar-refractivity contribution in [1.29, 1.82) is 0 Å². The number of nitrogens with zero attached hydrogens (tertiary/aromatic N) is 3. The van der Waals surface area contributed by atoms with Crippen LogP contribution in [0.15, 0.2) is 91.0 Å². The average Bonchev–Trinajstić information content (AvgIpc) is 3.29. The summed E-state index contributed by atoms with van der Waals surface area (Å²) in [6.07, 6.45) is -0.935. The highest BCUT2D eigenvalue weighted by Gasteiger charge is 2.34. The van der Waals surface area contributed by atoms with E-state index in [1.165, 1.54) is 4.90 Å². The normalized spacial score (nSPS) is 15.0. The molecule has 0 aliphatic carbocycles. The monoisotopic (exact) mass is 424 g/mol. The Balaban J connectivity index is 1.63. The number of benzene rings is 3. The number of carbonyl (C=O) groups excluding carboxylic acids is 2. The summed E-state index contributed by atoms with van der Waals surface area (Å²) in [4.78, 5) is 27.2. The molecule has 1 aliphatic heterocycles. The van der Waals surface area contributed by atoms with E-state index in [2.05, 4.69) is 0 Å². The van der Waals surface area contributed by atoms with Crippen molar-refractivity contribution in [1.82, 2.24) is 9.78 Å². The zero-order valence-electron chi connectivity index (χ0n) is 17.1. The first-order valence-corrected chi connectivity index (χ1v) is 10.2. The molecule has 32 heavy (non-hydrogen) atoms. The molecule has 1 unspecified atom stereocenters. The van der Waals surface area contributed by atoms with E-state index in [1.54, 1.807) is 28.9 Å². The van der Waals surface area contributed by atoms with Crippen molar-refractivity contribution >= 4 is 17.5 Å². The quantitative estimate of drug-likeness (QED) is 0.543. The minimum absolute atomic E-state index is 0.0197. The zero-order valence-corrected chi connectivity index (χ0v) is 17.1. The Bertz CT molecular complexity index is 1290. The lowest BCUT2D eigenvalue weighted by Crippen LogP contribution is -2.49. The van der Waals surface area contributed by atoms with Crippen molar-refractivity contribution in [3.05, 3.63) is 96.7 Å². The van der Waals surface area contributed by atoms with Gasteiger partial charge in [-0.25, -0.2) is 4.68 Å². The van der Waals surface area contributed by atoms with Crippen LogP contribution in [0.25, 0.3) is 16.9 Å². The van der Waals surface area contributed by atoms with Crippen LogP contribution in [0.1, 0.15) is 10.5 Å². The molecule has 1 aromatic heterocycles. The van der Waals surface area contributed by atoms with Crippen LogP contribution in [0.4, 0.5) is 5.69 Å². The molecule has 0 saturated carbocycles. The summed E-state index contributed by atoms with van der Waals surface area (Å²) in [6, 6.07) is 28.0. The van der Waals surface area contributed by atoms with Gasteiger partial charge in [-0.15, -0.1) is 0 Å². The third-order valence-electron chi connectivity index (χ3n) is 5.33. The molecule has 1 aliphatic rings. The van der Waals surface area contributed by atoms with Crippen LogP contribution in [0.3, 0.4) is 0 Å². The van der Waals surface area contributed by atoms with Gasteiger partial charge in [0.2, 0.25) is 0 Å². The van der Waals surface area contributed by atoms with E-state index in [0.717, 1.165) is 11.3 Å². The lowest BCUT2D eigenvalue weighted by molar-refractivity contribution is -0.124. The van der Waals surface area contributed by atoms with Gasteiger partial charge in [0.15, 0.2) is 6.10 Å². The van der Waals surface area contributed by atoms with E-state index in [0.29, 0.717) is 22.8 Å². The molecule has 7 nitrogen and oxygen atoms in total. The molecule has 1 atom stereocenters. The molecule has 2 amide bonds. The number of fused-ring (bicyclic) bond motifs is 1. The van der Waals surface area contributed by atoms with Crippen molar-refractivity contribution < 1.29 is 14.3 Å². The van der Waals surface area contributed by atoms with Crippen LogP contribution in [0, 0.1) is 0 Å². The Labute approximate surface area is 184 Å². The third kappa shape index (κ3) is 3.50. The van der Waals surface area contributed by atoms with Gasteiger partial charge in [0.05, 0.1) is 23.6 Å². The van der Waals surface area contributed by atoms with Crippen LogP contribution in [0.2, 0.25) is 0 Å². The van der Waals surface area contributed by atoms with Crippen molar-refractivity contribution in [2.75, 3.05) is 11.4 Å². The third-order valence-corrected chi connectivity index (χ3v) is 5.33. The Morgan fingerprint density at radius 2 is 1.56 bits per heavy atom. The highest BCUT2D eigenvalue weighted by Crippen LogP contribution is 2.34. The summed E-state index contributed by atoms with van der Waals surface area (Å²) in [6.45, 7) is 0.0197. The predicted molar refractivity (Wildman–Crippen MR) is 121 cm³/mol. The minimum Gasteiger partial charge on any atom is -0.477 e. The molecule has 0 saturated heterocycles. The summed E-state index contributed by atoms with van der Waals surface area (Å²) in [5, 5.41) is 4.72. The predicted octanol–water partition coefficient (Wildman–Crippen LogP) is 3.43. The molecule has 4 aromatic rings. The van der Waals surface area contributed by atoms with Crippen molar-refractivity contribution in [3.8, 4) is 22.7 Å². The maximum Gasteiger partial charge on any atom is 0.277 e. The summed E-state index contributed by atoms with van der Waals surface area (Å²) < 4.78 is 7.34. The number of hydrogen-bond donors (Lipinski definition) is 1. The zero-order chi connectivity index (χ0) is 22.1. The summed E-state index contributed by atoms with van der Waals surface area (Å²) in [7, 11) is 0. The number of carbonyl (C=O) groups is 2. The molecule has 0 radical (unpaired) electrons. The van der Waals surface area contributed by atoms with Gasteiger partial charge < -0.3 is 10.5 Å². The lowest BCUT2D eigenvalue weighted by atomic mass is 10.1. The first-order chi connectivity index (χ1) is 15.6. The molecular weight excluding hydrogens is 404 g/mol. The summed E-state index contributed by atoms with van der Waals surface area (Å²) in [5.74, 6) is -0.491. The van der Waals surface area contributed by atoms with Crippen molar-refractivity contribution in [3.63, 3.8) is 0 Å². The lowest BCUT2D eigenvalue weighted by Gasteiger charge is -2.33. The van der Waals surface area contributed by atoms with E-state index in [4.69, 9.17) is 15.6 Å². The van der Waals surface area contributed by atoms with E-state index in [9.17, 15) is 9.59 Å². The molecule has 3 aromatic carbocycles. The molecule has 158 valence electrons. The average molecular weight is 424 g/mol. The fraction of sp³-hybridized carbons (Fsp3) is 0.0800. The molecule has 7 heteroatoms. The Morgan fingerprint density at radius 1 is 0.906 bits per heavy atom. The largest absolute Gasteiger partial charge is 0.477 e. The Kier molecular flexibility index (Phi) is 4.91. The number of amides is 2. The summed E-state index contributed by atoms with van der Waals surface area (Å²) >= 11 is 0. The number of ether oxygens (including phenoxy) is 1. The van der Waals surface area contributed by atoms with Gasteiger partial charge in [0.1, 0.15) is 11.4 Å². The molecule has 2 N–H and O–H groups in total. The number of anilines is 1. The number of nitrogens with two attached hydrogens (primary N) is 1. The van der Waals surface area contributed by atoms with E-state index in [1.807, 2.05) is 66.7 Å². The first-order valence-electron chi connectivity index (χ1n) is 10.2. The van der Waals surface area contributed by atoms with E-state index in [-0.39, 0.29) is 12.5 Å². The fourth-order valence-corrected chi connectivity index (χ4v) is 3.76. The number of aromatic nitrogens is 2. The first kappa shape index (κ1) is 19.6. The van der Waals surface area contributed by atoms with Crippen LogP contribution in [-0.4, -0.2) is 34.2 Å². The van der Waals surface area contributed by atoms with Crippen LogP contribution >= 0.6 is 0 Å². The second kappa shape index (κ2) is 8.03. The standard InChI is InChI=1S/C25H20N4O3/c26-24(30)23-16-28(20-13-7-8-14-22(20)32-23)25(31)21-15-19(17-9-3-1-4-10-17)27-29(21)18-11-5-2-6-12-18/h1-15,23H,16H2,(H2,26,30).